The highest BCUT2D eigenvalue weighted by Crippen LogP contribution is 2.29. The maximum absolute atomic E-state index is 12.0. The molecule has 1 N–H and O–H groups in total. The summed E-state index contributed by atoms with van der Waals surface area (Å²) in [5, 5.41) is 2.99. The van der Waals surface area contributed by atoms with Gasteiger partial charge in [-0.2, -0.15) is 0 Å². The largest absolute Gasteiger partial charge is 0.497 e. The van der Waals surface area contributed by atoms with Crippen molar-refractivity contribution in [1.82, 2.24) is 5.32 Å². The van der Waals surface area contributed by atoms with E-state index in [4.69, 9.17) is 13.9 Å². The summed E-state index contributed by atoms with van der Waals surface area (Å²) in [6, 6.07) is 8.96. The Hall–Kier alpha value is -1.53. The Kier molecular flexibility index (Phi) is 6.29. The fourth-order valence-electron chi connectivity index (χ4n) is 3.23. The van der Waals surface area contributed by atoms with Gasteiger partial charge in [0.25, 0.3) is 0 Å². The van der Waals surface area contributed by atoms with E-state index < -0.39 is 8.32 Å². The van der Waals surface area contributed by atoms with Crippen LogP contribution < -0.4 is 14.8 Å². The number of rotatable bonds is 9. The fraction of sp³-hybridized carbons (Fsp3) is 0.611. The van der Waals surface area contributed by atoms with E-state index in [0.29, 0.717) is 6.42 Å². The minimum absolute atomic E-state index is 0.0158. The molecule has 0 aromatic heterocycles. The highest BCUT2D eigenvalue weighted by molar-refractivity contribution is 6.73. The van der Waals surface area contributed by atoms with Crippen LogP contribution in [0, 0.1) is 0 Å². The van der Waals surface area contributed by atoms with Gasteiger partial charge in [0, 0.05) is 6.07 Å². The SMILES string of the molecule is CC[Si](CC)(CC)O[C@H]1C(=O)N[C@H]1Cc1cc(OC)cc(OC)c1. The molecule has 0 radical (unpaired) electrons. The summed E-state index contributed by atoms with van der Waals surface area (Å²) in [6.07, 6.45) is 0.389. The minimum atomic E-state index is -1.80. The second kappa shape index (κ2) is 8.03. The zero-order valence-electron chi connectivity index (χ0n) is 15.3. The third kappa shape index (κ3) is 3.92. The first kappa shape index (κ1) is 18.8. The molecule has 1 fully saturated rings. The van der Waals surface area contributed by atoms with E-state index >= 15 is 0 Å². The van der Waals surface area contributed by atoms with E-state index in [-0.39, 0.29) is 18.1 Å². The molecule has 1 aliphatic heterocycles. The molecular formula is C18H29NO4Si. The second-order valence-electron chi connectivity index (χ2n) is 6.32. The van der Waals surface area contributed by atoms with E-state index in [2.05, 4.69) is 26.1 Å². The van der Waals surface area contributed by atoms with Crippen molar-refractivity contribution in [3.05, 3.63) is 23.8 Å². The molecule has 134 valence electrons. The van der Waals surface area contributed by atoms with Gasteiger partial charge in [0.1, 0.15) is 17.6 Å². The topological polar surface area (TPSA) is 56.8 Å². The Morgan fingerprint density at radius 3 is 1.96 bits per heavy atom. The maximum atomic E-state index is 12.0. The lowest BCUT2D eigenvalue weighted by atomic mass is 9.94. The number of β-lactam (4-membered cyclic amide) rings is 1. The maximum Gasteiger partial charge on any atom is 0.250 e. The van der Waals surface area contributed by atoms with Gasteiger partial charge in [0.2, 0.25) is 5.91 Å². The molecular weight excluding hydrogens is 322 g/mol. The normalized spacial score (nSPS) is 20.3. The Balaban J connectivity index is 2.11. The number of benzene rings is 1. The van der Waals surface area contributed by atoms with E-state index in [9.17, 15) is 4.79 Å². The Morgan fingerprint density at radius 1 is 1.00 bits per heavy atom. The lowest BCUT2D eigenvalue weighted by Crippen LogP contribution is -2.67. The molecule has 6 heteroatoms. The van der Waals surface area contributed by atoms with Crippen molar-refractivity contribution < 1.29 is 18.7 Å². The van der Waals surface area contributed by atoms with Gasteiger partial charge in [-0.1, -0.05) is 20.8 Å². The monoisotopic (exact) mass is 351 g/mol. The van der Waals surface area contributed by atoms with E-state index in [1.54, 1.807) is 14.2 Å². The van der Waals surface area contributed by atoms with Gasteiger partial charge in [-0.25, -0.2) is 0 Å². The van der Waals surface area contributed by atoms with Crippen molar-refractivity contribution in [1.29, 1.82) is 0 Å². The number of amides is 1. The van der Waals surface area contributed by atoms with Gasteiger partial charge < -0.3 is 19.2 Å². The van der Waals surface area contributed by atoms with Gasteiger partial charge >= 0.3 is 0 Å². The number of hydrogen-bond acceptors (Lipinski definition) is 4. The van der Waals surface area contributed by atoms with Crippen LogP contribution in [-0.2, 0) is 15.6 Å². The zero-order valence-corrected chi connectivity index (χ0v) is 16.3. The van der Waals surface area contributed by atoms with Crippen molar-refractivity contribution in [3.63, 3.8) is 0 Å². The molecule has 0 bridgehead atoms. The Morgan fingerprint density at radius 2 is 1.54 bits per heavy atom. The quantitative estimate of drug-likeness (QED) is 0.548. The Bertz CT molecular complexity index is 544. The number of hydrogen-bond donors (Lipinski definition) is 1. The summed E-state index contributed by atoms with van der Waals surface area (Å²) >= 11 is 0. The van der Waals surface area contributed by atoms with Gasteiger partial charge in [-0.3, -0.25) is 4.79 Å². The first-order valence-electron chi connectivity index (χ1n) is 8.71. The average molecular weight is 352 g/mol. The van der Waals surface area contributed by atoms with E-state index in [0.717, 1.165) is 35.2 Å². The van der Waals surface area contributed by atoms with Crippen LogP contribution in [0.4, 0.5) is 0 Å². The molecule has 1 heterocycles. The molecule has 1 saturated heterocycles. The van der Waals surface area contributed by atoms with Crippen molar-refractivity contribution >= 4 is 14.2 Å². The number of carbonyl (C=O) groups is 1. The third-order valence-electron chi connectivity index (χ3n) is 5.13. The summed E-state index contributed by atoms with van der Waals surface area (Å²) in [6.45, 7) is 6.53. The van der Waals surface area contributed by atoms with E-state index in [1.807, 2.05) is 18.2 Å². The highest BCUT2D eigenvalue weighted by Gasteiger charge is 2.45. The molecule has 1 aromatic carbocycles. The minimum Gasteiger partial charge on any atom is -0.497 e. The standard InChI is InChI=1S/C18H29NO4Si/c1-6-24(7-2,8-3)23-17-16(19-18(17)20)11-13-9-14(21-4)12-15(10-13)22-5/h9-10,12,16-17H,6-8,11H2,1-5H3,(H,19,20)/t16-,17+/m0/s1. The lowest BCUT2D eigenvalue weighted by Gasteiger charge is -2.42. The van der Waals surface area contributed by atoms with Crippen LogP contribution in [0.2, 0.25) is 18.1 Å². The zero-order chi connectivity index (χ0) is 17.7. The lowest BCUT2D eigenvalue weighted by molar-refractivity contribution is -0.140. The van der Waals surface area contributed by atoms with E-state index in [1.165, 1.54) is 0 Å². The second-order valence-corrected chi connectivity index (χ2v) is 11.0. The smallest absolute Gasteiger partial charge is 0.250 e. The molecule has 2 atom stereocenters. The van der Waals surface area contributed by atoms with Crippen LogP contribution in [0.1, 0.15) is 26.3 Å². The molecule has 0 saturated carbocycles. The number of methoxy groups -OCH3 is 2. The highest BCUT2D eigenvalue weighted by atomic mass is 28.4. The van der Waals surface area contributed by atoms with Gasteiger partial charge in [-0.15, -0.1) is 0 Å². The van der Waals surface area contributed by atoms with Crippen LogP contribution in [0.15, 0.2) is 18.2 Å². The molecule has 0 unspecified atom stereocenters. The summed E-state index contributed by atoms with van der Waals surface area (Å²) in [5.74, 6) is 1.53. The van der Waals surface area contributed by atoms with Crippen molar-refractivity contribution in [2.24, 2.45) is 0 Å². The summed E-state index contributed by atoms with van der Waals surface area (Å²) in [7, 11) is 1.48. The first-order valence-corrected chi connectivity index (χ1v) is 11.2. The average Bonchev–Trinajstić information content (AvgIpc) is 2.62. The molecule has 5 nitrogen and oxygen atoms in total. The molecule has 0 spiro atoms. The van der Waals surface area contributed by atoms with Crippen LogP contribution >= 0.6 is 0 Å². The van der Waals surface area contributed by atoms with Crippen molar-refractivity contribution in [3.8, 4) is 11.5 Å². The Labute approximate surface area is 145 Å². The molecule has 24 heavy (non-hydrogen) atoms. The predicted molar refractivity (Wildman–Crippen MR) is 97.3 cm³/mol. The number of ether oxygens (including phenoxy) is 2. The van der Waals surface area contributed by atoms with Crippen LogP contribution in [0.5, 0.6) is 11.5 Å². The molecule has 0 aliphatic carbocycles. The first-order chi connectivity index (χ1) is 11.5. The number of carbonyl (C=O) groups excluding carboxylic acids is 1. The van der Waals surface area contributed by atoms with Crippen molar-refractivity contribution in [2.75, 3.05) is 14.2 Å². The molecule has 1 aromatic rings. The van der Waals surface area contributed by atoms with Gasteiger partial charge in [0.05, 0.1) is 20.3 Å². The third-order valence-corrected chi connectivity index (χ3v) is 9.75. The van der Waals surface area contributed by atoms with Gasteiger partial charge in [0.15, 0.2) is 8.32 Å². The molecule has 2 rings (SSSR count). The van der Waals surface area contributed by atoms with Crippen LogP contribution in [-0.4, -0.2) is 40.6 Å². The van der Waals surface area contributed by atoms with Crippen LogP contribution in [0.25, 0.3) is 0 Å². The number of nitrogens with one attached hydrogen (secondary N) is 1. The summed E-state index contributed by atoms with van der Waals surface area (Å²) < 4.78 is 17.0. The fourth-order valence-corrected chi connectivity index (χ4v) is 6.04. The summed E-state index contributed by atoms with van der Waals surface area (Å²) in [5.41, 5.74) is 1.07. The van der Waals surface area contributed by atoms with Crippen LogP contribution in [0.3, 0.4) is 0 Å². The van der Waals surface area contributed by atoms with Gasteiger partial charge in [-0.05, 0) is 42.2 Å². The molecule has 1 amide bonds. The summed E-state index contributed by atoms with van der Waals surface area (Å²) in [4.78, 5) is 12.0. The molecule has 1 aliphatic rings. The predicted octanol–water partition coefficient (Wildman–Crippen LogP) is 3.14. The van der Waals surface area contributed by atoms with Crippen molar-refractivity contribution in [2.45, 2.75) is 57.5 Å².